The molecule has 8 heteroatoms. The average Bonchev–Trinajstić information content (AvgIpc) is 1.40. The molecule has 1 heterocycles. The Morgan fingerprint density at radius 1 is 0.380 bits per heavy atom. The predicted octanol–water partition coefficient (Wildman–Crippen LogP) is 23.5. The average molecular weight is 1480 g/mol. The molecule has 4 N–H and O–H groups in total. The second kappa shape index (κ2) is 29.6. The summed E-state index contributed by atoms with van der Waals surface area (Å²) in [6, 6.07) is 21.4. The maximum Gasteiger partial charge on any atom is 0.0991 e. The molecule has 0 aliphatic heterocycles. The minimum absolute atomic E-state index is 0.360. The monoisotopic (exact) mass is 1470 g/mol. The molecular weight excluding hydrogens is 1320 g/mol. The van der Waals surface area contributed by atoms with Gasteiger partial charge in [0.2, 0.25) is 0 Å². The summed E-state index contributed by atoms with van der Waals surface area (Å²) < 4.78 is 8.55. The van der Waals surface area contributed by atoms with Crippen LogP contribution in [0.3, 0.4) is 0 Å². The first-order chi connectivity index (χ1) is 51.6. The highest BCUT2D eigenvalue weighted by Gasteiger charge is 2.65. The molecule has 0 amide bonds. The number of aliphatic hydroxyl groups is 4. The van der Waals surface area contributed by atoms with Crippen molar-refractivity contribution in [2.75, 3.05) is 0 Å². The lowest BCUT2D eigenvalue weighted by atomic mass is 9.44. The molecule has 596 valence electrons. The van der Waals surface area contributed by atoms with Crippen LogP contribution >= 0.6 is 0 Å². The van der Waals surface area contributed by atoms with Crippen LogP contribution in [0.5, 0.6) is 0 Å². The summed E-state index contributed by atoms with van der Waals surface area (Å²) >= 11 is 0. The van der Waals surface area contributed by atoms with Gasteiger partial charge < -0.3 is 25.2 Å². The summed E-state index contributed by atoms with van der Waals surface area (Å²) in [5, 5.41) is 56.0. The summed E-state index contributed by atoms with van der Waals surface area (Å²) in [6.07, 6.45) is 58.0. The Hall–Kier alpha value is -3.06. The third kappa shape index (κ3) is 14.2. The van der Waals surface area contributed by atoms with Crippen LogP contribution in [0.2, 0.25) is 0 Å². The maximum atomic E-state index is 10.7. The number of hydrogen-bond acceptors (Lipinski definition) is 7. The molecule has 20 rings (SSSR count). The number of nitriles is 1. The molecule has 17 saturated carbocycles. The van der Waals surface area contributed by atoms with E-state index in [1.54, 1.807) is 25.7 Å². The Morgan fingerprint density at radius 3 is 1.35 bits per heavy atom. The van der Waals surface area contributed by atoms with Crippen LogP contribution in [-0.4, -0.2) is 58.7 Å². The smallest absolute Gasteiger partial charge is 0.0991 e. The van der Waals surface area contributed by atoms with E-state index in [1.165, 1.54) is 196 Å². The minimum atomic E-state index is -0.427. The Bertz CT molecular complexity index is 3620. The van der Waals surface area contributed by atoms with E-state index in [0.29, 0.717) is 45.0 Å². The number of nitrogens with zero attached hydrogens (tertiary/aromatic N) is 3. The van der Waals surface area contributed by atoms with Crippen LogP contribution in [-0.2, 0) is 18.4 Å². The number of aryl methyl sites for hydroxylation is 1. The fraction of sp³-hybridized carbons (Fsp3) is 0.840. The van der Waals surface area contributed by atoms with Gasteiger partial charge in [-0.2, -0.15) is 10.4 Å². The lowest BCUT2D eigenvalue weighted by Crippen LogP contribution is -2.56. The molecule has 17 fully saturated rings. The van der Waals surface area contributed by atoms with Crippen LogP contribution < -0.4 is 0 Å². The molecule has 0 bridgehead atoms. The lowest BCUT2D eigenvalue weighted by molar-refractivity contribution is -0.156. The zero-order valence-electron chi connectivity index (χ0n) is 69.7. The van der Waals surface area contributed by atoms with Crippen molar-refractivity contribution in [2.24, 2.45) is 158 Å². The second-order valence-corrected chi connectivity index (χ2v) is 45.1. The van der Waals surface area contributed by atoms with E-state index in [4.69, 9.17) is 10.00 Å². The van der Waals surface area contributed by atoms with E-state index in [2.05, 4.69) is 135 Å². The normalized spacial score (nSPS) is 50.8. The summed E-state index contributed by atoms with van der Waals surface area (Å²) in [4.78, 5) is 0. The van der Waals surface area contributed by atoms with Crippen LogP contribution in [0, 0.1) is 163 Å². The highest BCUT2D eigenvalue weighted by atomic mass is 16.5. The zero-order chi connectivity index (χ0) is 75.1. The van der Waals surface area contributed by atoms with Gasteiger partial charge in [0.15, 0.2) is 0 Å². The molecule has 2 aromatic carbocycles. The zero-order valence-corrected chi connectivity index (χ0v) is 69.7. The standard InChI is InChI=1S/C27H40O2.C26H35NO.C24H40O.C23H36N2O/c1-25(28)15-16-26(2)20(17-25)9-10-21-22-11-12-24(27(22,3)14-13-23(21)26)29-18-19-7-5-4-6-8-19;1-25(28)13-11-20-19(15-25)7-8-22-21(20)12-14-26(2)23(9-10-24(22)26)18-5-3-17(16-27)4-6-18;1-23(25)13-11-18-17(15-23)7-8-20-19(18)12-14-24(2)21(9-10-22(20)24)16-5-3-4-6-16;1-22(26)10-8-17-15(12-22)4-5-19-18(17)9-11-23(2)20(6-7-21(19)23)16-13-24-25(3)14-16/h4-8,20-24,28H,9-18H2,1-3H3;3-6,19-24,28H,7-15H2,1-2H3;16-22,25H,3-15H2,1-2H3;13-15,17-21,26H,4-12H2,1-3H3/t20-,21-,22-,23-,24-,25+,26-,27-;19-,20+,21-,22-,23-,24+,25-,26-;17-,18+,19-,20-,21-,22+,23-,24-;15-,17+,18-,19-,20-,21+,22-,23-/m0111/s1. The van der Waals surface area contributed by atoms with Crippen molar-refractivity contribution in [3.05, 3.63) is 89.2 Å². The Kier molecular flexibility index (Phi) is 21.2. The molecule has 8 nitrogen and oxygen atoms in total. The van der Waals surface area contributed by atoms with Crippen LogP contribution in [0.4, 0.5) is 0 Å². The SMILES string of the molecule is C[C@@]1(O)CC[C@@]2(C)[C@@H](CC[C@@H]3[C@@H]2CC[C@]2(C)[C@@H](OCc4ccccc4)CC[C@@H]32)C1.C[C@@]1(O)CC[C@H]2[C@H](CC[C@@H]3[C@@H]2CC[C@]2(C)[C@@H](C4CCCC4)CC[C@@H]32)C1.C[C@@]1(O)CC[C@H]2[C@H](CC[C@@H]3[C@@H]2CC[C@]2(C)[C@@H](c4ccc(C#N)cc4)CC[C@@H]32)C1.Cn1cc([C@H]2CC[C@H]3[C@@H]4CC[C@@H]5C[C@](C)(O)CC[C@@H]5[C@H]4CC[C@]23C)cn1. The number of benzene rings is 2. The van der Waals surface area contributed by atoms with Gasteiger partial charge in [0.1, 0.15) is 0 Å². The quantitative estimate of drug-likeness (QED) is 0.193. The lowest BCUT2D eigenvalue weighted by Gasteiger charge is -2.61. The van der Waals surface area contributed by atoms with Crippen LogP contribution in [0.15, 0.2) is 67.0 Å². The summed E-state index contributed by atoms with van der Waals surface area (Å²) in [5.74, 6) is 20.5. The maximum absolute atomic E-state index is 10.7. The molecule has 0 unspecified atom stereocenters. The summed E-state index contributed by atoms with van der Waals surface area (Å²) in [6.45, 7) is 22.1. The molecule has 0 saturated heterocycles. The second-order valence-electron chi connectivity index (χ2n) is 45.1. The molecule has 1 aromatic heterocycles. The Labute approximate surface area is 656 Å². The third-order valence-corrected chi connectivity index (χ3v) is 39.5. The van der Waals surface area contributed by atoms with Gasteiger partial charge in [-0.25, -0.2) is 0 Å². The molecule has 32 atom stereocenters. The van der Waals surface area contributed by atoms with Gasteiger partial charge in [-0.15, -0.1) is 0 Å². The first-order valence-electron chi connectivity index (χ1n) is 46.6. The van der Waals surface area contributed by atoms with E-state index in [-0.39, 0.29) is 5.60 Å². The number of aromatic nitrogens is 2. The number of rotatable bonds is 6. The van der Waals surface area contributed by atoms with Crippen LogP contribution in [0.1, 0.15) is 353 Å². The van der Waals surface area contributed by atoms with E-state index in [1.807, 2.05) is 16.8 Å². The third-order valence-electron chi connectivity index (χ3n) is 39.5. The molecule has 108 heavy (non-hydrogen) atoms. The predicted molar refractivity (Wildman–Crippen MR) is 436 cm³/mol. The van der Waals surface area contributed by atoms with Gasteiger partial charge in [-0.05, 0) is 451 Å². The van der Waals surface area contributed by atoms with Gasteiger partial charge in [0.25, 0.3) is 0 Å². The van der Waals surface area contributed by atoms with E-state index in [0.717, 1.165) is 188 Å². The van der Waals surface area contributed by atoms with Crippen molar-refractivity contribution in [1.82, 2.24) is 9.78 Å². The molecular formula is C100H151N3O5. The van der Waals surface area contributed by atoms with E-state index in [9.17, 15) is 20.4 Å². The largest absolute Gasteiger partial charge is 0.390 e. The number of ether oxygens (including phenoxy) is 1. The van der Waals surface area contributed by atoms with Gasteiger partial charge in [-0.3, -0.25) is 4.68 Å². The Morgan fingerprint density at radius 2 is 0.824 bits per heavy atom. The molecule has 0 radical (unpaired) electrons. The van der Waals surface area contributed by atoms with Gasteiger partial charge >= 0.3 is 0 Å². The molecule has 3 aromatic rings. The van der Waals surface area contributed by atoms with Gasteiger partial charge in [-0.1, -0.05) is 103 Å². The summed E-state index contributed by atoms with van der Waals surface area (Å²) in [5.41, 5.74) is 5.85. The first kappa shape index (κ1) is 77.5. The first-order valence-corrected chi connectivity index (χ1v) is 46.6. The molecule has 17 aliphatic rings. The fourth-order valence-electron chi connectivity index (χ4n) is 34.4. The summed E-state index contributed by atoms with van der Waals surface area (Å²) in [7, 11) is 2.05. The topological polar surface area (TPSA) is 132 Å². The van der Waals surface area contributed by atoms with Crippen molar-refractivity contribution >= 4 is 0 Å². The molecule has 0 spiro atoms. The fourth-order valence-corrected chi connectivity index (χ4v) is 34.4. The van der Waals surface area contributed by atoms with Crippen molar-refractivity contribution in [1.29, 1.82) is 5.26 Å². The van der Waals surface area contributed by atoms with Crippen molar-refractivity contribution < 1.29 is 25.2 Å². The van der Waals surface area contributed by atoms with Crippen molar-refractivity contribution in [3.63, 3.8) is 0 Å². The van der Waals surface area contributed by atoms with Crippen LogP contribution in [0.25, 0.3) is 0 Å². The highest BCUT2D eigenvalue weighted by molar-refractivity contribution is 5.35. The van der Waals surface area contributed by atoms with E-state index < -0.39 is 16.8 Å². The van der Waals surface area contributed by atoms with Crippen molar-refractivity contribution in [2.45, 2.75) is 366 Å². The highest BCUT2D eigenvalue weighted by Crippen LogP contribution is 2.72. The Balaban J connectivity index is 0.000000106. The van der Waals surface area contributed by atoms with E-state index >= 15 is 0 Å². The number of fused-ring (bicyclic) bond motifs is 20. The minimum Gasteiger partial charge on any atom is -0.390 e. The van der Waals surface area contributed by atoms with Gasteiger partial charge in [0, 0.05) is 13.2 Å². The number of hydrogen-bond donors (Lipinski definition) is 4. The van der Waals surface area contributed by atoms with Crippen molar-refractivity contribution in [3.8, 4) is 6.07 Å². The molecule has 17 aliphatic carbocycles. The van der Waals surface area contributed by atoms with Gasteiger partial charge in [0.05, 0.1) is 52.9 Å².